The average molecular weight is 189 g/mol. The number of hydrogen-bond acceptors (Lipinski definition) is 3. The van der Waals surface area contributed by atoms with Crippen LogP contribution in [0.1, 0.15) is 27.2 Å². The summed E-state index contributed by atoms with van der Waals surface area (Å²) in [5, 5.41) is 3.37. The van der Waals surface area contributed by atoms with Gasteiger partial charge in [-0.15, -0.1) is 0 Å². The molecule has 0 saturated heterocycles. The van der Waals surface area contributed by atoms with Crippen LogP contribution in [-0.4, -0.2) is 39.0 Å². The van der Waals surface area contributed by atoms with Crippen molar-refractivity contribution in [1.82, 2.24) is 5.32 Å². The molecule has 0 saturated carbocycles. The molecule has 0 heterocycles. The molecule has 3 heteroatoms. The number of likely N-dealkylation sites (N-methyl/N-ethyl adjacent to an activating group) is 1. The van der Waals surface area contributed by atoms with Crippen LogP contribution in [0.2, 0.25) is 0 Å². The van der Waals surface area contributed by atoms with Crippen LogP contribution in [0.4, 0.5) is 0 Å². The molecule has 0 spiro atoms. The van der Waals surface area contributed by atoms with Gasteiger partial charge in [0.2, 0.25) is 0 Å². The van der Waals surface area contributed by atoms with Crippen molar-refractivity contribution in [3.63, 3.8) is 0 Å². The molecule has 2 atom stereocenters. The molecule has 0 aliphatic heterocycles. The van der Waals surface area contributed by atoms with E-state index in [9.17, 15) is 0 Å². The van der Waals surface area contributed by atoms with Gasteiger partial charge in [0.15, 0.2) is 0 Å². The van der Waals surface area contributed by atoms with Crippen LogP contribution in [0.3, 0.4) is 0 Å². The minimum Gasteiger partial charge on any atom is -0.383 e. The molecule has 0 aromatic rings. The van der Waals surface area contributed by atoms with Crippen molar-refractivity contribution in [3.05, 3.63) is 0 Å². The lowest BCUT2D eigenvalue weighted by atomic mass is 10.1. The van der Waals surface area contributed by atoms with E-state index in [1.54, 1.807) is 7.11 Å². The minimum absolute atomic E-state index is 0.268. The molecule has 80 valence electrons. The minimum atomic E-state index is 0.268. The predicted molar refractivity (Wildman–Crippen MR) is 55.0 cm³/mol. The fourth-order valence-electron chi connectivity index (χ4n) is 1.47. The Morgan fingerprint density at radius 3 is 2.31 bits per heavy atom. The molecule has 0 radical (unpaired) electrons. The highest BCUT2D eigenvalue weighted by atomic mass is 16.5. The molecule has 13 heavy (non-hydrogen) atoms. The maximum absolute atomic E-state index is 5.62. The Balaban J connectivity index is 3.94. The van der Waals surface area contributed by atoms with Crippen molar-refractivity contribution < 1.29 is 9.47 Å². The van der Waals surface area contributed by atoms with Crippen molar-refractivity contribution in [3.8, 4) is 0 Å². The Morgan fingerprint density at radius 2 is 1.92 bits per heavy atom. The second kappa shape index (κ2) is 8.48. The molecule has 0 rings (SSSR count). The van der Waals surface area contributed by atoms with Gasteiger partial charge in [-0.1, -0.05) is 13.8 Å². The summed E-state index contributed by atoms with van der Waals surface area (Å²) in [5.41, 5.74) is 0. The van der Waals surface area contributed by atoms with Gasteiger partial charge in [0.1, 0.15) is 0 Å². The van der Waals surface area contributed by atoms with Crippen molar-refractivity contribution in [2.45, 2.75) is 39.3 Å². The first kappa shape index (κ1) is 12.9. The van der Waals surface area contributed by atoms with Crippen LogP contribution < -0.4 is 5.32 Å². The second-order valence-electron chi connectivity index (χ2n) is 3.02. The van der Waals surface area contributed by atoms with Crippen LogP contribution in [0, 0.1) is 0 Å². The number of ether oxygens (including phenoxy) is 2. The SMILES string of the molecule is CCNC(COC)C(CC)OCC. The lowest BCUT2D eigenvalue weighted by molar-refractivity contribution is 0.00810. The fourth-order valence-corrected chi connectivity index (χ4v) is 1.47. The van der Waals surface area contributed by atoms with Crippen molar-refractivity contribution in [2.75, 3.05) is 26.9 Å². The third-order valence-electron chi connectivity index (χ3n) is 2.04. The van der Waals surface area contributed by atoms with E-state index in [1.807, 2.05) is 6.92 Å². The highest BCUT2D eigenvalue weighted by Crippen LogP contribution is 2.04. The highest BCUT2D eigenvalue weighted by molar-refractivity contribution is 4.75. The van der Waals surface area contributed by atoms with Crippen LogP contribution in [0.15, 0.2) is 0 Å². The smallest absolute Gasteiger partial charge is 0.0747 e. The molecule has 0 aromatic heterocycles. The number of rotatable bonds is 8. The molecule has 3 nitrogen and oxygen atoms in total. The zero-order valence-corrected chi connectivity index (χ0v) is 9.30. The lowest BCUT2D eigenvalue weighted by Gasteiger charge is -2.26. The van der Waals surface area contributed by atoms with Crippen LogP contribution >= 0.6 is 0 Å². The average Bonchev–Trinajstić information content (AvgIpc) is 2.14. The predicted octanol–water partition coefficient (Wildman–Crippen LogP) is 1.43. The maximum Gasteiger partial charge on any atom is 0.0747 e. The van der Waals surface area contributed by atoms with E-state index in [0.717, 1.165) is 19.6 Å². The van der Waals surface area contributed by atoms with Gasteiger partial charge in [-0.25, -0.2) is 0 Å². The summed E-state index contributed by atoms with van der Waals surface area (Å²) in [6.07, 6.45) is 1.29. The summed E-state index contributed by atoms with van der Waals surface area (Å²) in [4.78, 5) is 0. The Bertz CT molecular complexity index is 103. The summed E-state index contributed by atoms with van der Waals surface area (Å²) in [6.45, 7) is 8.70. The first-order chi connectivity index (χ1) is 6.29. The molecule has 0 aliphatic rings. The summed E-state index contributed by atoms with van der Waals surface area (Å²) < 4.78 is 10.8. The van der Waals surface area contributed by atoms with E-state index >= 15 is 0 Å². The van der Waals surface area contributed by atoms with Gasteiger partial charge in [-0.2, -0.15) is 0 Å². The van der Waals surface area contributed by atoms with Gasteiger partial charge in [0.05, 0.1) is 18.8 Å². The number of nitrogens with one attached hydrogen (secondary N) is 1. The highest BCUT2D eigenvalue weighted by Gasteiger charge is 2.18. The molecule has 0 aromatic carbocycles. The summed E-state index contributed by atoms with van der Waals surface area (Å²) in [5.74, 6) is 0. The zero-order valence-electron chi connectivity index (χ0n) is 9.30. The third-order valence-corrected chi connectivity index (χ3v) is 2.04. The van der Waals surface area contributed by atoms with E-state index in [2.05, 4.69) is 19.2 Å². The van der Waals surface area contributed by atoms with Crippen LogP contribution in [0.25, 0.3) is 0 Å². The third kappa shape index (κ3) is 5.24. The molecule has 0 aliphatic carbocycles. The van der Waals surface area contributed by atoms with Crippen LogP contribution in [0.5, 0.6) is 0 Å². The standard InChI is InChI=1S/C10H23NO2/c1-5-10(13-7-3)9(8-12-4)11-6-2/h9-11H,5-8H2,1-4H3. The molecule has 0 fully saturated rings. The maximum atomic E-state index is 5.62. The van der Waals surface area contributed by atoms with Gasteiger partial charge in [0, 0.05) is 13.7 Å². The molecular weight excluding hydrogens is 166 g/mol. The first-order valence-corrected chi connectivity index (χ1v) is 5.13. The summed E-state index contributed by atoms with van der Waals surface area (Å²) in [7, 11) is 1.73. The summed E-state index contributed by atoms with van der Waals surface area (Å²) in [6, 6.07) is 0.319. The monoisotopic (exact) mass is 189 g/mol. The van der Waals surface area contributed by atoms with Crippen molar-refractivity contribution in [1.29, 1.82) is 0 Å². The van der Waals surface area contributed by atoms with E-state index < -0.39 is 0 Å². The van der Waals surface area contributed by atoms with E-state index in [0.29, 0.717) is 12.6 Å². The number of methoxy groups -OCH3 is 1. The molecule has 1 N–H and O–H groups in total. The van der Waals surface area contributed by atoms with Crippen molar-refractivity contribution >= 4 is 0 Å². The van der Waals surface area contributed by atoms with Gasteiger partial charge < -0.3 is 14.8 Å². The molecular formula is C10H23NO2. The van der Waals surface area contributed by atoms with Crippen molar-refractivity contribution in [2.24, 2.45) is 0 Å². The van der Waals surface area contributed by atoms with Gasteiger partial charge in [-0.05, 0) is 19.9 Å². The Hall–Kier alpha value is -0.120. The number of hydrogen-bond donors (Lipinski definition) is 1. The molecule has 0 amide bonds. The van der Waals surface area contributed by atoms with E-state index in [-0.39, 0.29) is 6.10 Å². The van der Waals surface area contributed by atoms with Gasteiger partial charge >= 0.3 is 0 Å². The second-order valence-corrected chi connectivity index (χ2v) is 3.02. The topological polar surface area (TPSA) is 30.5 Å². The van der Waals surface area contributed by atoms with Crippen LogP contribution in [-0.2, 0) is 9.47 Å². The Morgan fingerprint density at radius 1 is 1.23 bits per heavy atom. The quantitative estimate of drug-likeness (QED) is 0.626. The fraction of sp³-hybridized carbons (Fsp3) is 1.00. The Kier molecular flexibility index (Phi) is 8.40. The first-order valence-electron chi connectivity index (χ1n) is 5.13. The van der Waals surface area contributed by atoms with E-state index in [4.69, 9.17) is 9.47 Å². The zero-order chi connectivity index (χ0) is 10.1. The normalized spacial score (nSPS) is 15.7. The summed E-state index contributed by atoms with van der Waals surface area (Å²) >= 11 is 0. The lowest BCUT2D eigenvalue weighted by Crippen LogP contribution is -2.44. The Labute approximate surface area is 81.8 Å². The van der Waals surface area contributed by atoms with Gasteiger partial charge in [-0.3, -0.25) is 0 Å². The molecule has 2 unspecified atom stereocenters. The van der Waals surface area contributed by atoms with Gasteiger partial charge in [0.25, 0.3) is 0 Å². The van der Waals surface area contributed by atoms with E-state index in [1.165, 1.54) is 0 Å². The largest absolute Gasteiger partial charge is 0.383 e. The molecule has 0 bridgehead atoms.